The van der Waals surface area contributed by atoms with Crippen LogP contribution in [0.15, 0.2) is 30.5 Å². The highest BCUT2D eigenvalue weighted by molar-refractivity contribution is 5.94. The van der Waals surface area contributed by atoms with Crippen LogP contribution in [0.5, 0.6) is 5.75 Å². The first-order chi connectivity index (χ1) is 10.6. The fourth-order valence-electron chi connectivity index (χ4n) is 2.67. The molecule has 3 rings (SSSR count). The van der Waals surface area contributed by atoms with Gasteiger partial charge in [0.25, 0.3) is 5.91 Å². The molecule has 0 fully saturated rings. The van der Waals surface area contributed by atoms with Crippen molar-refractivity contribution < 1.29 is 14.3 Å². The average molecular weight is 299 g/mol. The Morgan fingerprint density at radius 2 is 2.27 bits per heavy atom. The van der Waals surface area contributed by atoms with Gasteiger partial charge in [-0.15, -0.1) is 0 Å². The van der Waals surface area contributed by atoms with Crippen LogP contribution in [0.2, 0.25) is 0 Å². The maximum absolute atomic E-state index is 12.3. The van der Waals surface area contributed by atoms with Gasteiger partial charge in [0.2, 0.25) is 0 Å². The lowest BCUT2D eigenvalue weighted by Gasteiger charge is -2.22. The minimum atomic E-state index is -0.406. The molecular formula is C16H17N3O3. The summed E-state index contributed by atoms with van der Waals surface area (Å²) in [5.41, 5.74) is 2.79. The van der Waals surface area contributed by atoms with E-state index in [2.05, 4.69) is 15.5 Å². The molecule has 1 amide bonds. The zero-order chi connectivity index (χ0) is 15.5. The number of carbonyl (C=O) groups is 2. The number of rotatable bonds is 3. The van der Waals surface area contributed by atoms with E-state index >= 15 is 0 Å². The third kappa shape index (κ3) is 3.16. The van der Waals surface area contributed by atoms with Crippen molar-refractivity contribution >= 4 is 11.9 Å². The molecule has 1 aromatic heterocycles. The lowest BCUT2D eigenvalue weighted by molar-refractivity contribution is -0.131. The normalized spacial score (nSPS) is 16.7. The van der Waals surface area contributed by atoms with Gasteiger partial charge < -0.3 is 10.1 Å². The summed E-state index contributed by atoms with van der Waals surface area (Å²) in [4.78, 5) is 23.3. The molecule has 22 heavy (non-hydrogen) atoms. The molecule has 0 spiro atoms. The molecule has 0 bridgehead atoms. The molecule has 1 aliphatic rings. The number of hydrogen-bond acceptors (Lipinski definition) is 4. The molecule has 6 heteroatoms. The number of aryl methyl sites for hydroxylation is 1. The number of H-pyrrole nitrogens is 1. The van der Waals surface area contributed by atoms with E-state index in [-0.39, 0.29) is 11.9 Å². The SMILES string of the molecule is CC(=O)Oc1cccc(C(=O)NC2CCc3cn[nH]c3C2)c1. The second-order valence-corrected chi connectivity index (χ2v) is 5.41. The van der Waals surface area contributed by atoms with Crippen molar-refractivity contribution in [2.45, 2.75) is 32.2 Å². The molecule has 2 aromatic rings. The molecule has 114 valence electrons. The molecular weight excluding hydrogens is 282 g/mol. The summed E-state index contributed by atoms with van der Waals surface area (Å²) >= 11 is 0. The van der Waals surface area contributed by atoms with Gasteiger partial charge in [-0.05, 0) is 36.6 Å². The van der Waals surface area contributed by atoms with Crippen molar-refractivity contribution in [1.29, 1.82) is 0 Å². The number of esters is 1. The zero-order valence-corrected chi connectivity index (χ0v) is 12.3. The molecule has 0 aliphatic heterocycles. The van der Waals surface area contributed by atoms with Crippen LogP contribution >= 0.6 is 0 Å². The molecule has 1 heterocycles. The largest absolute Gasteiger partial charge is 0.427 e. The Morgan fingerprint density at radius 3 is 3.09 bits per heavy atom. The minimum absolute atomic E-state index is 0.0813. The summed E-state index contributed by atoms with van der Waals surface area (Å²) in [5, 5.41) is 10.0. The number of aromatic nitrogens is 2. The quantitative estimate of drug-likeness (QED) is 0.666. The third-order valence-corrected chi connectivity index (χ3v) is 3.71. The summed E-state index contributed by atoms with van der Waals surface area (Å²) in [7, 11) is 0. The first-order valence-electron chi connectivity index (χ1n) is 7.22. The number of amides is 1. The maximum Gasteiger partial charge on any atom is 0.308 e. The van der Waals surface area contributed by atoms with Gasteiger partial charge in [-0.1, -0.05) is 6.07 Å². The van der Waals surface area contributed by atoms with Crippen molar-refractivity contribution in [3.63, 3.8) is 0 Å². The van der Waals surface area contributed by atoms with Crippen LogP contribution in [0.4, 0.5) is 0 Å². The smallest absolute Gasteiger partial charge is 0.308 e. The van der Waals surface area contributed by atoms with Crippen LogP contribution in [0.25, 0.3) is 0 Å². The van der Waals surface area contributed by atoms with Crippen molar-refractivity contribution in [2.75, 3.05) is 0 Å². The summed E-state index contributed by atoms with van der Waals surface area (Å²) in [5.74, 6) is -0.196. The Labute approximate surface area is 127 Å². The molecule has 0 saturated heterocycles. The van der Waals surface area contributed by atoms with E-state index in [0.717, 1.165) is 25.0 Å². The Balaban J connectivity index is 1.66. The number of carbonyl (C=O) groups excluding carboxylic acids is 2. The highest BCUT2D eigenvalue weighted by Crippen LogP contribution is 2.20. The number of ether oxygens (including phenoxy) is 1. The predicted molar refractivity (Wildman–Crippen MR) is 79.6 cm³/mol. The number of nitrogens with one attached hydrogen (secondary N) is 2. The number of hydrogen-bond donors (Lipinski definition) is 2. The monoisotopic (exact) mass is 299 g/mol. The lowest BCUT2D eigenvalue weighted by Crippen LogP contribution is -2.38. The standard InChI is InChI=1S/C16H17N3O3/c1-10(20)22-14-4-2-3-11(7-14)16(21)18-13-6-5-12-9-17-19-15(12)8-13/h2-4,7,9,13H,5-6,8H2,1H3,(H,17,19)(H,18,21). The Morgan fingerprint density at radius 1 is 1.41 bits per heavy atom. The lowest BCUT2D eigenvalue weighted by atomic mass is 9.93. The first-order valence-corrected chi connectivity index (χ1v) is 7.22. The van der Waals surface area contributed by atoms with E-state index < -0.39 is 5.97 Å². The Hall–Kier alpha value is -2.63. The minimum Gasteiger partial charge on any atom is -0.427 e. The predicted octanol–water partition coefficient (Wildman–Crippen LogP) is 1.62. The van der Waals surface area contributed by atoms with Crippen molar-refractivity contribution in [3.8, 4) is 5.75 Å². The first kappa shape index (κ1) is 14.3. The average Bonchev–Trinajstić information content (AvgIpc) is 2.94. The molecule has 1 aromatic carbocycles. The van der Waals surface area contributed by atoms with Gasteiger partial charge in [0.1, 0.15) is 5.75 Å². The van der Waals surface area contributed by atoms with Gasteiger partial charge >= 0.3 is 5.97 Å². The van der Waals surface area contributed by atoms with Crippen LogP contribution in [-0.4, -0.2) is 28.1 Å². The number of nitrogens with zero attached hydrogens (tertiary/aromatic N) is 1. The number of aromatic amines is 1. The molecule has 2 N–H and O–H groups in total. The molecule has 1 aliphatic carbocycles. The summed E-state index contributed by atoms with van der Waals surface area (Å²) in [6, 6.07) is 6.70. The van der Waals surface area contributed by atoms with E-state index in [1.807, 2.05) is 6.20 Å². The summed E-state index contributed by atoms with van der Waals surface area (Å²) in [6.07, 6.45) is 4.40. The third-order valence-electron chi connectivity index (χ3n) is 3.71. The second kappa shape index (κ2) is 6.01. The topological polar surface area (TPSA) is 84.1 Å². The van der Waals surface area contributed by atoms with E-state index in [9.17, 15) is 9.59 Å². The van der Waals surface area contributed by atoms with Crippen LogP contribution in [0.1, 0.15) is 35.0 Å². The fourth-order valence-corrected chi connectivity index (χ4v) is 2.67. The van der Waals surface area contributed by atoms with Crippen LogP contribution in [-0.2, 0) is 17.6 Å². The second-order valence-electron chi connectivity index (χ2n) is 5.41. The number of fused-ring (bicyclic) bond motifs is 1. The van der Waals surface area contributed by atoms with Crippen molar-refractivity contribution in [3.05, 3.63) is 47.3 Å². The van der Waals surface area contributed by atoms with Crippen LogP contribution < -0.4 is 10.1 Å². The molecule has 0 radical (unpaired) electrons. The molecule has 1 atom stereocenters. The summed E-state index contributed by atoms with van der Waals surface area (Å²) < 4.78 is 5.00. The van der Waals surface area contributed by atoms with Gasteiger partial charge in [-0.3, -0.25) is 14.7 Å². The maximum atomic E-state index is 12.3. The fraction of sp³-hybridized carbons (Fsp3) is 0.312. The number of benzene rings is 1. The van der Waals surface area contributed by atoms with Gasteiger partial charge in [-0.2, -0.15) is 5.10 Å². The molecule has 6 nitrogen and oxygen atoms in total. The van der Waals surface area contributed by atoms with Crippen LogP contribution in [0.3, 0.4) is 0 Å². The zero-order valence-electron chi connectivity index (χ0n) is 12.3. The molecule has 0 saturated carbocycles. The van der Waals surface area contributed by atoms with Crippen molar-refractivity contribution in [2.24, 2.45) is 0 Å². The molecule has 1 unspecified atom stereocenters. The van der Waals surface area contributed by atoms with Gasteiger partial charge in [-0.25, -0.2) is 0 Å². The van der Waals surface area contributed by atoms with Crippen molar-refractivity contribution in [1.82, 2.24) is 15.5 Å². The van der Waals surface area contributed by atoms with Gasteiger partial charge in [0.05, 0.1) is 6.20 Å². The van der Waals surface area contributed by atoms with Gasteiger partial charge in [0, 0.05) is 30.6 Å². The Bertz CT molecular complexity index is 708. The van der Waals surface area contributed by atoms with E-state index in [4.69, 9.17) is 4.74 Å². The van der Waals surface area contributed by atoms with Gasteiger partial charge in [0.15, 0.2) is 0 Å². The highest BCUT2D eigenvalue weighted by Gasteiger charge is 2.22. The summed E-state index contributed by atoms with van der Waals surface area (Å²) in [6.45, 7) is 1.33. The van der Waals surface area contributed by atoms with E-state index in [0.29, 0.717) is 11.3 Å². The highest BCUT2D eigenvalue weighted by atomic mass is 16.5. The van der Waals surface area contributed by atoms with Crippen LogP contribution in [0, 0.1) is 0 Å². The Kier molecular flexibility index (Phi) is 3.91. The van der Waals surface area contributed by atoms with E-state index in [1.54, 1.807) is 24.3 Å². The van der Waals surface area contributed by atoms with E-state index in [1.165, 1.54) is 12.5 Å².